The quantitative estimate of drug-likeness (QED) is 0.719. The van der Waals surface area contributed by atoms with Crippen LogP contribution in [0.3, 0.4) is 0 Å². The third-order valence-corrected chi connectivity index (χ3v) is 4.22. The van der Waals surface area contributed by atoms with Crippen LogP contribution < -0.4 is 10.5 Å². The summed E-state index contributed by atoms with van der Waals surface area (Å²) in [7, 11) is 0. The lowest BCUT2D eigenvalue weighted by Crippen LogP contribution is -2.21. The van der Waals surface area contributed by atoms with Gasteiger partial charge in [-0.15, -0.1) is 0 Å². The molecule has 116 valence electrons. The second-order valence-electron chi connectivity index (χ2n) is 5.57. The van der Waals surface area contributed by atoms with Gasteiger partial charge in [-0.05, 0) is 23.1 Å². The Labute approximate surface area is 138 Å². The number of pyridine rings is 1. The largest absolute Gasteiger partial charge is 0.504 e. The second kappa shape index (κ2) is 5.28. The number of nitriles is 1. The molecule has 0 fully saturated rings. The smallest absolute Gasteiger partial charge is 0.205 e. The van der Waals surface area contributed by atoms with E-state index in [0.717, 1.165) is 16.3 Å². The molecular weight excluding hydrogens is 302 g/mol. The number of nitrogens with two attached hydrogens (primary N) is 1. The summed E-state index contributed by atoms with van der Waals surface area (Å²) < 4.78 is 5.58. The van der Waals surface area contributed by atoms with E-state index in [4.69, 9.17) is 10.5 Å². The number of hydrogen-bond acceptors (Lipinski definition) is 5. The maximum Gasteiger partial charge on any atom is 0.205 e. The molecule has 3 N–H and O–H groups in total. The molecule has 2 heterocycles. The molecule has 0 amide bonds. The molecule has 0 unspecified atom stereocenters. The summed E-state index contributed by atoms with van der Waals surface area (Å²) in [5, 5.41) is 21.6. The Morgan fingerprint density at radius 3 is 2.75 bits per heavy atom. The number of rotatable bonds is 1. The first-order chi connectivity index (χ1) is 11.7. The molecule has 3 aromatic rings. The number of nitrogens with zero attached hydrogens (tertiary/aromatic N) is 2. The molecule has 0 saturated heterocycles. The molecule has 0 bridgehead atoms. The van der Waals surface area contributed by atoms with Crippen LogP contribution in [-0.2, 0) is 0 Å². The fourth-order valence-electron chi connectivity index (χ4n) is 3.17. The molecule has 0 spiro atoms. The van der Waals surface area contributed by atoms with Crippen LogP contribution in [0, 0.1) is 11.3 Å². The van der Waals surface area contributed by atoms with Gasteiger partial charge in [-0.3, -0.25) is 4.98 Å². The lowest BCUT2D eigenvalue weighted by Gasteiger charge is -2.28. The van der Waals surface area contributed by atoms with E-state index in [2.05, 4.69) is 11.1 Å². The molecule has 1 atom stereocenters. The van der Waals surface area contributed by atoms with Crippen molar-refractivity contribution >= 4 is 10.8 Å². The number of phenols is 1. The molecule has 5 nitrogen and oxygen atoms in total. The van der Waals surface area contributed by atoms with Crippen LogP contribution in [0.1, 0.15) is 17.0 Å². The Balaban J connectivity index is 2.12. The van der Waals surface area contributed by atoms with Crippen LogP contribution >= 0.6 is 0 Å². The van der Waals surface area contributed by atoms with Gasteiger partial charge in [0, 0.05) is 23.3 Å². The number of hydrogen-bond donors (Lipinski definition) is 2. The standard InChI is InChI=1S/C19H13N3O2/c20-9-13-16(11-4-2-1-3-5-11)17-14-10-22-7-6-12(14)8-15(23)18(17)24-19(13)21/h1-8,10,16,23H,21H2/t16-/m1/s1. The highest BCUT2D eigenvalue weighted by molar-refractivity contribution is 5.91. The van der Waals surface area contributed by atoms with Crippen molar-refractivity contribution in [3.63, 3.8) is 0 Å². The van der Waals surface area contributed by atoms with Crippen molar-refractivity contribution in [1.82, 2.24) is 4.98 Å². The van der Waals surface area contributed by atoms with Crippen molar-refractivity contribution in [2.75, 3.05) is 0 Å². The number of allylic oxidation sites excluding steroid dienone is 1. The Hall–Kier alpha value is -3.52. The van der Waals surface area contributed by atoms with Gasteiger partial charge in [0.2, 0.25) is 5.88 Å². The van der Waals surface area contributed by atoms with Gasteiger partial charge >= 0.3 is 0 Å². The Kier molecular flexibility index (Phi) is 3.10. The summed E-state index contributed by atoms with van der Waals surface area (Å²) in [6.07, 6.45) is 3.37. The number of phenolic OH excluding ortho intramolecular Hbond substituents is 1. The number of ether oxygens (including phenoxy) is 1. The summed E-state index contributed by atoms with van der Waals surface area (Å²) >= 11 is 0. The van der Waals surface area contributed by atoms with Crippen molar-refractivity contribution in [2.24, 2.45) is 5.73 Å². The minimum Gasteiger partial charge on any atom is -0.504 e. The summed E-state index contributed by atoms with van der Waals surface area (Å²) in [4.78, 5) is 4.18. The molecule has 1 aliphatic heterocycles. The van der Waals surface area contributed by atoms with Gasteiger partial charge in [0.15, 0.2) is 11.5 Å². The molecule has 1 aromatic heterocycles. The molecular formula is C19H13N3O2. The van der Waals surface area contributed by atoms with E-state index in [0.29, 0.717) is 11.1 Å². The van der Waals surface area contributed by atoms with Crippen LogP contribution in [0.2, 0.25) is 0 Å². The van der Waals surface area contributed by atoms with Gasteiger partial charge in [0.1, 0.15) is 11.6 Å². The fraction of sp³-hybridized carbons (Fsp3) is 0.0526. The summed E-state index contributed by atoms with van der Waals surface area (Å²) in [5.41, 5.74) is 7.88. The minimum absolute atomic E-state index is 0.00966. The van der Waals surface area contributed by atoms with Gasteiger partial charge in [0.25, 0.3) is 0 Å². The first-order valence-corrected chi connectivity index (χ1v) is 7.43. The maximum absolute atomic E-state index is 10.4. The van der Waals surface area contributed by atoms with Crippen LogP contribution in [0.25, 0.3) is 10.8 Å². The third-order valence-electron chi connectivity index (χ3n) is 4.22. The van der Waals surface area contributed by atoms with Gasteiger partial charge in [-0.1, -0.05) is 30.3 Å². The maximum atomic E-state index is 10.4. The number of fused-ring (bicyclic) bond motifs is 3. The lowest BCUT2D eigenvalue weighted by atomic mass is 9.81. The number of aromatic nitrogens is 1. The van der Waals surface area contributed by atoms with E-state index in [1.54, 1.807) is 18.5 Å². The summed E-state index contributed by atoms with van der Waals surface area (Å²) in [6.45, 7) is 0. The minimum atomic E-state index is -0.418. The topological polar surface area (TPSA) is 92.2 Å². The van der Waals surface area contributed by atoms with Crippen molar-refractivity contribution in [2.45, 2.75) is 5.92 Å². The average molecular weight is 315 g/mol. The second-order valence-corrected chi connectivity index (χ2v) is 5.57. The molecule has 1 aliphatic rings. The summed E-state index contributed by atoms with van der Waals surface area (Å²) in [6, 6.07) is 15.1. The van der Waals surface area contributed by atoms with Gasteiger partial charge < -0.3 is 15.6 Å². The van der Waals surface area contributed by atoms with E-state index in [-0.39, 0.29) is 17.4 Å². The predicted molar refractivity (Wildman–Crippen MR) is 89.1 cm³/mol. The SMILES string of the molecule is N#CC1=C(N)Oc2c(O)cc3ccncc3c2[C@@H]1c1ccccc1. The fourth-order valence-corrected chi connectivity index (χ4v) is 3.17. The molecule has 2 aromatic carbocycles. The van der Waals surface area contributed by atoms with Gasteiger partial charge in [-0.2, -0.15) is 5.26 Å². The molecule has 5 heteroatoms. The van der Waals surface area contributed by atoms with E-state index in [1.807, 2.05) is 36.4 Å². The zero-order valence-corrected chi connectivity index (χ0v) is 12.6. The molecule has 24 heavy (non-hydrogen) atoms. The molecule has 0 radical (unpaired) electrons. The highest BCUT2D eigenvalue weighted by Gasteiger charge is 2.34. The van der Waals surface area contributed by atoms with Gasteiger partial charge in [0.05, 0.1) is 5.92 Å². The van der Waals surface area contributed by atoms with Crippen molar-refractivity contribution < 1.29 is 9.84 Å². The van der Waals surface area contributed by atoms with Crippen LogP contribution in [0.4, 0.5) is 0 Å². The van der Waals surface area contributed by atoms with Crippen LogP contribution in [0.15, 0.2) is 66.3 Å². The van der Waals surface area contributed by atoms with Crippen molar-refractivity contribution in [1.29, 1.82) is 5.26 Å². The Bertz CT molecular complexity index is 1020. The van der Waals surface area contributed by atoms with E-state index in [1.165, 1.54) is 0 Å². The first kappa shape index (κ1) is 14.1. The van der Waals surface area contributed by atoms with Crippen LogP contribution in [0.5, 0.6) is 11.5 Å². The normalized spacial score (nSPS) is 16.4. The number of benzene rings is 2. The van der Waals surface area contributed by atoms with E-state index < -0.39 is 5.92 Å². The molecule has 4 rings (SSSR count). The molecule has 0 saturated carbocycles. The highest BCUT2D eigenvalue weighted by atomic mass is 16.5. The zero-order valence-electron chi connectivity index (χ0n) is 12.6. The van der Waals surface area contributed by atoms with E-state index >= 15 is 0 Å². The monoisotopic (exact) mass is 315 g/mol. The zero-order chi connectivity index (χ0) is 16.7. The van der Waals surface area contributed by atoms with E-state index in [9.17, 15) is 10.4 Å². The predicted octanol–water partition coefficient (Wildman–Crippen LogP) is 3.16. The van der Waals surface area contributed by atoms with Crippen LogP contribution in [-0.4, -0.2) is 10.1 Å². The average Bonchev–Trinajstić information content (AvgIpc) is 2.62. The number of aromatic hydroxyl groups is 1. The van der Waals surface area contributed by atoms with Crippen molar-refractivity contribution in [3.05, 3.63) is 77.4 Å². The Morgan fingerprint density at radius 2 is 2.00 bits per heavy atom. The lowest BCUT2D eigenvalue weighted by molar-refractivity contribution is 0.360. The highest BCUT2D eigenvalue weighted by Crippen LogP contribution is 2.49. The summed E-state index contributed by atoms with van der Waals surface area (Å²) in [5.74, 6) is -0.137. The first-order valence-electron chi connectivity index (χ1n) is 7.43. The van der Waals surface area contributed by atoms with Crippen molar-refractivity contribution in [3.8, 4) is 17.6 Å². The molecule has 0 aliphatic carbocycles. The Morgan fingerprint density at radius 1 is 1.21 bits per heavy atom. The van der Waals surface area contributed by atoms with Gasteiger partial charge in [-0.25, -0.2) is 0 Å². The third kappa shape index (κ3) is 1.97.